The molecule has 0 aliphatic carbocycles. The quantitative estimate of drug-likeness (QED) is 0.911. The SMILES string of the molecule is CCN(Cc1ccccc1)c1ccc(C(=O)N2CCC(N)CC2)cc1. The summed E-state index contributed by atoms with van der Waals surface area (Å²) in [5.41, 5.74) is 9.11. The summed E-state index contributed by atoms with van der Waals surface area (Å²) in [6.45, 7) is 5.47. The molecule has 0 spiro atoms. The summed E-state index contributed by atoms with van der Waals surface area (Å²) >= 11 is 0. The van der Waals surface area contributed by atoms with Crippen LogP contribution in [0.15, 0.2) is 54.6 Å². The first kappa shape index (κ1) is 17.5. The lowest BCUT2D eigenvalue weighted by Crippen LogP contribution is -2.42. The zero-order valence-electron chi connectivity index (χ0n) is 14.9. The Morgan fingerprint density at radius 2 is 1.72 bits per heavy atom. The summed E-state index contributed by atoms with van der Waals surface area (Å²) < 4.78 is 0. The van der Waals surface area contributed by atoms with E-state index in [4.69, 9.17) is 5.73 Å². The molecule has 25 heavy (non-hydrogen) atoms. The van der Waals surface area contributed by atoms with Crippen LogP contribution in [-0.4, -0.2) is 36.5 Å². The average molecular weight is 337 g/mol. The molecule has 2 aromatic rings. The summed E-state index contributed by atoms with van der Waals surface area (Å²) in [6.07, 6.45) is 1.79. The van der Waals surface area contributed by atoms with E-state index in [1.54, 1.807) is 0 Å². The molecule has 4 heteroatoms. The molecule has 1 fully saturated rings. The number of nitrogens with zero attached hydrogens (tertiary/aromatic N) is 2. The van der Waals surface area contributed by atoms with Crippen LogP contribution in [0.3, 0.4) is 0 Å². The fraction of sp³-hybridized carbons (Fsp3) is 0.381. The highest BCUT2D eigenvalue weighted by Gasteiger charge is 2.21. The van der Waals surface area contributed by atoms with Crippen LogP contribution >= 0.6 is 0 Å². The van der Waals surface area contributed by atoms with Crippen LogP contribution in [0.4, 0.5) is 5.69 Å². The summed E-state index contributed by atoms with van der Waals surface area (Å²) in [4.78, 5) is 16.8. The first-order valence-corrected chi connectivity index (χ1v) is 9.11. The van der Waals surface area contributed by atoms with Gasteiger partial charge in [0.1, 0.15) is 0 Å². The highest BCUT2D eigenvalue weighted by molar-refractivity contribution is 5.94. The van der Waals surface area contributed by atoms with E-state index in [0.29, 0.717) is 0 Å². The molecule has 0 radical (unpaired) electrons. The molecule has 1 saturated heterocycles. The number of amides is 1. The Hall–Kier alpha value is -2.33. The molecule has 0 aromatic heterocycles. The zero-order chi connectivity index (χ0) is 17.6. The van der Waals surface area contributed by atoms with Gasteiger partial charge in [-0.05, 0) is 49.6 Å². The van der Waals surface area contributed by atoms with Crippen molar-refractivity contribution in [3.8, 4) is 0 Å². The van der Waals surface area contributed by atoms with Gasteiger partial charge in [-0.2, -0.15) is 0 Å². The summed E-state index contributed by atoms with van der Waals surface area (Å²) in [5.74, 6) is 0.115. The van der Waals surface area contributed by atoms with E-state index < -0.39 is 0 Å². The molecule has 1 heterocycles. The minimum absolute atomic E-state index is 0.115. The van der Waals surface area contributed by atoms with Crippen molar-refractivity contribution in [2.24, 2.45) is 5.73 Å². The number of hydrogen-bond acceptors (Lipinski definition) is 3. The molecular weight excluding hydrogens is 310 g/mol. The van der Waals surface area contributed by atoms with Crippen LogP contribution in [0.1, 0.15) is 35.7 Å². The van der Waals surface area contributed by atoms with E-state index in [2.05, 4.69) is 48.2 Å². The lowest BCUT2D eigenvalue weighted by Gasteiger charge is -2.30. The van der Waals surface area contributed by atoms with Crippen molar-refractivity contribution < 1.29 is 4.79 Å². The molecule has 4 nitrogen and oxygen atoms in total. The van der Waals surface area contributed by atoms with Crippen LogP contribution < -0.4 is 10.6 Å². The van der Waals surface area contributed by atoms with Gasteiger partial charge >= 0.3 is 0 Å². The van der Waals surface area contributed by atoms with Crippen molar-refractivity contribution in [2.75, 3.05) is 24.5 Å². The van der Waals surface area contributed by atoms with Gasteiger partial charge in [0.25, 0.3) is 5.91 Å². The third kappa shape index (κ3) is 4.40. The fourth-order valence-electron chi connectivity index (χ4n) is 3.29. The highest BCUT2D eigenvalue weighted by atomic mass is 16.2. The van der Waals surface area contributed by atoms with Crippen molar-refractivity contribution in [3.05, 3.63) is 65.7 Å². The predicted molar refractivity (Wildman–Crippen MR) is 103 cm³/mol. The molecule has 132 valence electrons. The lowest BCUT2D eigenvalue weighted by molar-refractivity contribution is 0.0715. The second kappa shape index (κ2) is 8.17. The van der Waals surface area contributed by atoms with Crippen molar-refractivity contribution in [1.29, 1.82) is 0 Å². The van der Waals surface area contributed by atoms with Crippen molar-refractivity contribution in [2.45, 2.75) is 32.4 Å². The molecular formula is C21H27N3O. The van der Waals surface area contributed by atoms with Gasteiger partial charge in [-0.3, -0.25) is 4.79 Å². The Morgan fingerprint density at radius 3 is 2.32 bits per heavy atom. The Bertz CT molecular complexity index is 676. The molecule has 1 amide bonds. The maximum atomic E-state index is 12.6. The molecule has 3 rings (SSSR count). The zero-order valence-corrected chi connectivity index (χ0v) is 14.9. The van der Waals surface area contributed by atoms with E-state index in [1.165, 1.54) is 5.56 Å². The van der Waals surface area contributed by atoms with Gasteiger partial charge in [-0.25, -0.2) is 0 Å². The molecule has 1 aliphatic rings. The Balaban J connectivity index is 1.67. The van der Waals surface area contributed by atoms with Gasteiger partial charge in [0.2, 0.25) is 0 Å². The number of rotatable bonds is 5. The molecule has 0 saturated carbocycles. The van der Waals surface area contributed by atoms with E-state index in [-0.39, 0.29) is 11.9 Å². The number of hydrogen-bond donors (Lipinski definition) is 1. The van der Waals surface area contributed by atoms with Crippen LogP contribution in [0.2, 0.25) is 0 Å². The molecule has 1 aliphatic heterocycles. The maximum Gasteiger partial charge on any atom is 0.253 e. The number of likely N-dealkylation sites (tertiary alicyclic amines) is 1. The minimum Gasteiger partial charge on any atom is -0.367 e. The van der Waals surface area contributed by atoms with Crippen molar-refractivity contribution in [3.63, 3.8) is 0 Å². The number of carbonyl (C=O) groups excluding carboxylic acids is 1. The van der Waals surface area contributed by atoms with E-state index in [9.17, 15) is 4.79 Å². The summed E-state index contributed by atoms with van der Waals surface area (Å²) in [7, 11) is 0. The molecule has 0 atom stereocenters. The molecule has 2 aromatic carbocycles. The van der Waals surface area contributed by atoms with Crippen LogP contribution in [-0.2, 0) is 6.54 Å². The van der Waals surface area contributed by atoms with Crippen molar-refractivity contribution in [1.82, 2.24) is 4.90 Å². The van der Waals surface area contributed by atoms with Crippen LogP contribution in [0, 0.1) is 0 Å². The minimum atomic E-state index is 0.115. The highest BCUT2D eigenvalue weighted by Crippen LogP contribution is 2.20. The monoisotopic (exact) mass is 337 g/mol. The first-order valence-electron chi connectivity index (χ1n) is 9.11. The van der Waals surface area contributed by atoms with Crippen LogP contribution in [0.25, 0.3) is 0 Å². The van der Waals surface area contributed by atoms with E-state index >= 15 is 0 Å². The van der Waals surface area contributed by atoms with Gasteiger partial charge in [0.15, 0.2) is 0 Å². The van der Waals surface area contributed by atoms with Crippen LogP contribution in [0.5, 0.6) is 0 Å². The Morgan fingerprint density at radius 1 is 1.08 bits per heavy atom. The van der Waals surface area contributed by atoms with E-state index in [1.807, 2.05) is 23.1 Å². The number of carbonyl (C=O) groups is 1. The Labute approximate surface area is 150 Å². The summed E-state index contributed by atoms with van der Waals surface area (Å²) in [6, 6.07) is 18.7. The molecule has 2 N–H and O–H groups in total. The number of benzene rings is 2. The number of anilines is 1. The lowest BCUT2D eigenvalue weighted by atomic mass is 10.0. The largest absolute Gasteiger partial charge is 0.367 e. The van der Waals surface area contributed by atoms with E-state index in [0.717, 1.165) is 50.3 Å². The van der Waals surface area contributed by atoms with Gasteiger partial charge in [-0.1, -0.05) is 30.3 Å². The second-order valence-corrected chi connectivity index (χ2v) is 6.68. The fourth-order valence-corrected chi connectivity index (χ4v) is 3.29. The van der Waals surface area contributed by atoms with Gasteiger partial charge in [-0.15, -0.1) is 0 Å². The second-order valence-electron chi connectivity index (χ2n) is 6.68. The van der Waals surface area contributed by atoms with Gasteiger partial charge in [0, 0.05) is 43.5 Å². The molecule has 0 unspecified atom stereocenters. The number of piperidine rings is 1. The Kier molecular flexibility index (Phi) is 5.71. The topological polar surface area (TPSA) is 49.6 Å². The summed E-state index contributed by atoms with van der Waals surface area (Å²) in [5, 5.41) is 0. The third-order valence-corrected chi connectivity index (χ3v) is 4.90. The predicted octanol–water partition coefficient (Wildman–Crippen LogP) is 3.28. The molecule has 0 bridgehead atoms. The normalized spacial score (nSPS) is 15.2. The van der Waals surface area contributed by atoms with Crippen molar-refractivity contribution >= 4 is 11.6 Å². The third-order valence-electron chi connectivity index (χ3n) is 4.90. The number of nitrogens with two attached hydrogens (primary N) is 1. The standard InChI is InChI=1S/C21H27N3O/c1-2-23(16-17-6-4-3-5-7-17)20-10-8-18(9-11-20)21(25)24-14-12-19(22)13-15-24/h3-11,19H,2,12-16,22H2,1H3. The average Bonchev–Trinajstić information content (AvgIpc) is 2.67. The smallest absolute Gasteiger partial charge is 0.253 e. The van der Waals surface area contributed by atoms with Gasteiger partial charge < -0.3 is 15.5 Å². The van der Waals surface area contributed by atoms with Gasteiger partial charge in [0.05, 0.1) is 0 Å². The first-order chi connectivity index (χ1) is 12.2. The maximum absolute atomic E-state index is 12.6.